The third-order valence-corrected chi connectivity index (χ3v) is 8.54. The molecule has 1 fully saturated rings. The van der Waals surface area contributed by atoms with Gasteiger partial charge in [-0.3, -0.25) is 4.90 Å². The van der Waals surface area contributed by atoms with Crippen LogP contribution in [0.1, 0.15) is 52.1 Å². The Kier molecular flexibility index (Phi) is 8.87. The van der Waals surface area contributed by atoms with Crippen molar-refractivity contribution in [2.45, 2.75) is 38.1 Å². The van der Waals surface area contributed by atoms with Crippen molar-refractivity contribution in [3.63, 3.8) is 0 Å². The van der Waals surface area contributed by atoms with E-state index in [0.717, 1.165) is 43.4 Å². The zero-order valence-corrected chi connectivity index (χ0v) is 23.0. The molecule has 2 amide bonds. The van der Waals surface area contributed by atoms with E-state index in [4.69, 9.17) is 9.84 Å². The lowest BCUT2D eigenvalue weighted by atomic mass is 9.94. The maximum atomic E-state index is 13.5. The third kappa shape index (κ3) is 6.40. The number of carboxylic acid groups (broad SMARTS) is 3. The van der Waals surface area contributed by atoms with Crippen molar-refractivity contribution in [1.29, 1.82) is 0 Å². The first kappa shape index (κ1) is 28.1. The SMILES string of the molecule is O=C(O)COc1c(C(=O)O)sc(-c2ccc(N(C(=O)Nc3ccccc3C(=O)O)C3CCCCC3)cc2)c1Br. The van der Waals surface area contributed by atoms with E-state index in [2.05, 4.69) is 21.2 Å². The number of carboxylic acids is 3. The lowest BCUT2D eigenvalue weighted by Gasteiger charge is -2.34. The van der Waals surface area contributed by atoms with Gasteiger partial charge in [-0.1, -0.05) is 43.5 Å². The molecule has 0 bridgehead atoms. The van der Waals surface area contributed by atoms with E-state index in [1.165, 1.54) is 6.07 Å². The summed E-state index contributed by atoms with van der Waals surface area (Å²) in [6.45, 7) is -0.690. The van der Waals surface area contributed by atoms with Gasteiger partial charge in [-0.05, 0) is 58.6 Å². The van der Waals surface area contributed by atoms with Crippen LogP contribution in [0.5, 0.6) is 5.75 Å². The summed E-state index contributed by atoms with van der Waals surface area (Å²) in [6, 6.07) is 12.7. The van der Waals surface area contributed by atoms with Crippen molar-refractivity contribution < 1.29 is 39.2 Å². The van der Waals surface area contributed by atoms with Crippen LogP contribution in [0.2, 0.25) is 0 Å². The van der Waals surface area contributed by atoms with Gasteiger partial charge in [0.05, 0.1) is 20.6 Å². The van der Waals surface area contributed by atoms with Gasteiger partial charge in [-0.25, -0.2) is 19.2 Å². The number of ether oxygens (including phenoxy) is 1. The molecule has 204 valence electrons. The Labute approximate surface area is 236 Å². The van der Waals surface area contributed by atoms with Gasteiger partial charge in [0, 0.05) is 11.7 Å². The molecule has 1 aromatic heterocycles. The number of carbonyl (C=O) groups is 4. The summed E-state index contributed by atoms with van der Waals surface area (Å²) in [5, 5.41) is 30.8. The molecule has 0 aliphatic heterocycles. The average Bonchev–Trinajstić information content (AvgIpc) is 3.25. The van der Waals surface area contributed by atoms with Crippen molar-refractivity contribution >= 4 is 62.6 Å². The summed E-state index contributed by atoms with van der Waals surface area (Å²) >= 11 is 4.29. The number of carbonyl (C=O) groups excluding carboxylic acids is 1. The number of thiophene rings is 1. The summed E-state index contributed by atoms with van der Waals surface area (Å²) < 4.78 is 5.55. The largest absolute Gasteiger partial charge is 0.479 e. The second-order valence-corrected chi connectivity index (χ2v) is 10.7. The Morgan fingerprint density at radius 1 is 0.949 bits per heavy atom. The number of nitrogens with one attached hydrogen (secondary N) is 1. The van der Waals surface area contributed by atoms with E-state index in [1.807, 2.05) is 0 Å². The number of anilines is 2. The molecule has 4 rings (SSSR count). The molecule has 0 atom stereocenters. The number of halogens is 1. The number of hydrogen-bond acceptors (Lipinski definition) is 6. The summed E-state index contributed by atoms with van der Waals surface area (Å²) in [6.07, 6.45) is 4.63. The third-order valence-electron chi connectivity index (χ3n) is 6.31. The Hall–Kier alpha value is -3.90. The van der Waals surface area contributed by atoms with Crippen molar-refractivity contribution in [2.24, 2.45) is 0 Å². The van der Waals surface area contributed by atoms with Gasteiger partial charge in [0.2, 0.25) is 0 Å². The van der Waals surface area contributed by atoms with E-state index in [-0.39, 0.29) is 27.9 Å². The zero-order chi connectivity index (χ0) is 28.1. The topological polar surface area (TPSA) is 153 Å². The zero-order valence-electron chi connectivity index (χ0n) is 20.6. The predicted octanol–water partition coefficient (Wildman–Crippen LogP) is 6.41. The summed E-state index contributed by atoms with van der Waals surface area (Å²) in [5.74, 6) is -3.68. The first-order valence-electron chi connectivity index (χ1n) is 12.1. The summed E-state index contributed by atoms with van der Waals surface area (Å²) in [4.78, 5) is 49.9. The van der Waals surface area contributed by atoms with Gasteiger partial charge in [-0.15, -0.1) is 11.3 Å². The quantitative estimate of drug-likeness (QED) is 0.215. The molecule has 4 N–H and O–H groups in total. The number of urea groups is 1. The Balaban J connectivity index is 1.66. The Morgan fingerprint density at radius 3 is 2.23 bits per heavy atom. The Bertz CT molecular complexity index is 1400. The predicted molar refractivity (Wildman–Crippen MR) is 149 cm³/mol. The van der Waals surface area contributed by atoms with Crippen LogP contribution in [0.15, 0.2) is 53.0 Å². The van der Waals surface area contributed by atoms with Crippen LogP contribution >= 0.6 is 27.3 Å². The lowest BCUT2D eigenvalue weighted by Crippen LogP contribution is -2.44. The van der Waals surface area contributed by atoms with Gasteiger partial charge in [0.25, 0.3) is 0 Å². The highest BCUT2D eigenvalue weighted by molar-refractivity contribution is 9.10. The molecule has 3 aromatic rings. The van der Waals surface area contributed by atoms with Crippen LogP contribution in [0, 0.1) is 0 Å². The number of para-hydroxylation sites is 1. The minimum atomic E-state index is -1.24. The van der Waals surface area contributed by atoms with E-state index >= 15 is 0 Å². The lowest BCUT2D eigenvalue weighted by molar-refractivity contribution is -0.139. The number of amides is 2. The molecular formula is C27H25BrN2O8S. The van der Waals surface area contributed by atoms with Crippen LogP contribution in [0.25, 0.3) is 10.4 Å². The minimum Gasteiger partial charge on any atom is -0.479 e. The normalized spacial score (nSPS) is 13.5. The number of aromatic carboxylic acids is 2. The van der Waals surface area contributed by atoms with Crippen LogP contribution in [0.4, 0.5) is 16.2 Å². The molecule has 12 heteroatoms. The molecule has 1 saturated carbocycles. The van der Waals surface area contributed by atoms with E-state index < -0.39 is 30.5 Å². The van der Waals surface area contributed by atoms with Crippen LogP contribution in [-0.4, -0.2) is 51.9 Å². The van der Waals surface area contributed by atoms with Gasteiger partial charge >= 0.3 is 23.9 Å². The van der Waals surface area contributed by atoms with E-state index in [9.17, 15) is 29.4 Å². The first-order chi connectivity index (χ1) is 18.7. The maximum Gasteiger partial charge on any atom is 0.349 e. The van der Waals surface area contributed by atoms with Gasteiger partial charge in [0.1, 0.15) is 0 Å². The summed E-state index contributed by atoms with van der Waals surface area (Å²) in [5.41, 5.74) is 1.43. The fraction of sp³-hybridized carbons (Fsp3) is 0.259. The molecule has 39 heavy (non-hydrogen) atoms. The molecule has 1 aliphatic rings. The number of rotatable bonds is 9. The first-order valence-corrected chi connectivity index (χ1v) is 13.7. The van der Waals surface area contributed by atoms with Crippen molar-refractivity contribution in [2.75, 3.05) is 16.8 Å². The highest BCUT2D eigenvalue weighted by Gasteiger charge is 2.29. The highest BCUT2D eigenvalue weighted by atomic mass is 79.9. The molecule has 1 heterocycles. The van der Waals surface area contributed by atoms with Crippen molar-refractivity contribution in [3.05, 3.63) is 63.4 Å². The number of aliphatic carboxylic acids is 1. The average molecular weight is 617 g/mol. The molecular weight excluding hydrogens is 592 g/mol. The minimum absolute atomic E-state index is 0.0116. The molecule has 0 saturated heterocycles. The van der Waals surface area contributed by atoms with E-state index in [0.29, 0.717) is 20.6 Å². The highest BCUT2D eigenvalue weighted by Crippen LogP contribution is 2.46. The fourth-order valence-electron chi connectivity index (χ4n) is 4.55. The van der Waals surface area contributed by atoms with E-state index in [1.54, 1.807) is 47.4 Å². The molecule has 0 unspecified atom stereocenters. The van der Waals surface area contributed by atoms with Crippen LogP contribution < -0.4 is 15.0 Å². The molecule has 1 aliphatic carbocycles. The molecule has 0 spiro atoms. The van der Waals surface area contributed by atoms with Gasteiger partial charge in [-0.2, -0.15) is 0 Å². The van der Waals surface area contributed by atoms with Gasteiger partial charge < -0.3 is 25.4 Å². The standard InChI is InChI=1S/C27H25BrN2O8S/c28-21-22(38-14-20(31)32)24(26(35)36)39-23(21)15-10-12-17(13-11-15)30(16-6-2-1-3-7-16)27(37)29-19-9-5-4-8-18(19)25(33)34/h4-5,8-13,16H,1-3,6-7,14H2,(H,29,37)(H,31,32)(H,33,34)(H,35,36). The van der Waals surface area contributed by atoms with Crippen LogP contribution in [-0.2, 0) is 4.79 Å². The number of nitrogens with zero attached hydrogens (tertiary/aromatic N) is 1. The fourth-order valence-corrected chi connectivity index (χ4v) is 6.44. The van der Waals surface area contributed by atoms with Gasteiger partial charge in [0.15, 0.2) is 17.2 Å². The second kappa shape index (κ2) is 12.3. The number of benzene rings is 2. The summed E-state index contributed by atoms with van der Waals surface area (Å²) in [7, 11) is 0. The Morgan fingerprint density at radius 2 is 1.62 bits per heavy atom. The van der Waals surface area contributed by atoms with Crippen LogP contribution in [0.3, 0.4) is 0 Å². The maximum absolute atomic E-state index is 13.5. The number of hydrogen-bond donors (Lipinski definition) is 4. The molecule has 2 aromatic carbocycles. The molecule has 10 nitrogen and oxygen atoms in total. The monoisotopic (exact) mass is 616 g/mol. The smallest absolute Gasteiger partial charge is 0.349 e. The van der Waals surface area contributed by atoms with Crippen molar-refractivity contribution in [3.8, 4) is 16.2 Å². The molecule has 0 radical (unpaired) electrons. The second-order valence-electron chi connectivity index (χ2n) is 8.88. The van der Waals surface area contributed by atoms with Crippen molar-refractivity contribution in [1.82, 2.24) is 0 Å².